The van der Waals surface area contributed by atoms with Crippen LogP contribution in [0.2, 0.25) is 0 Å². The maximum Gasteiger partial charge on any atom is 0.405 e. The third-order valence-corrected chi connectivity index (χ3v) is 2.39. The quantitative estimate of drug-likeness (QED) is 0.793. The molecule has 0 aromatic carbocycles. The average Bonchev–Trinajstić information content (AvgIpc) is 2.15. The Kier molecular flexibility index (Phi) is 3.96. The molecule has 2 nitrogen and oxygen atoms in total. The molecule has 6 heteroatoms. The van der Waals surface area contributed by atoms with E-state index in [2.05, 4.69) is 20.9 Å². The summed E-state index contributed by atoms with van der Waals surface area (Å²) in [5.41, 5.74) is 0.740. The summed E-state index contributed by atoms with van der Waals surface area (Å²) < 4.78 is 36.4. The Morgan fingerprint density at radius 2 is 2.13 bits per heavy atom. The lowest BCUT2D eigenvalue weighted by molar-refractivity contribution is -0.119. The largest absolute Gasteiger partial charge is 0.405 e. The topological polar surface area (TPSA) is 16.1 Å². The van der Waals surface area contributed by atoms with Crippen molar-refractivity contribution >= 4 is 21.7 Å². The molecule has 0 unspecified atom stereocenters. The van der Waals surface area contributed by atoms with Crippen LogP contribution in [-0.4, -0.2) is 24.8 Å². The van der Waals surface area contributed by atoms with Gasteiger partial charge in [0.25, 0.3) is 0 Å². The zero-order chi connectivity index (χ0) is 11.5. The number of alkyl halides is 4. The fourth-order valence-corrected chi connectivity index (χ4v) is 1.66. The first-order chi connectivity index (χ1) is 6.94. The fraction of sp³-hybridized carbons (Fsp3) is 0.444. The summed E-state index contributed by atoms with van der Waals surface area (Å²) in [5.74, 6) is 0.353. The van der Waals surface area contributed by atoms with Gasteiger partial charge in [0.15, 0.2) is 0 Å². The predicted molar refractivity (Wildman–Crippen MR) is 56.2 cm³/mol. The van der Waals surface area contributed by atoms with E-state index in [1.165, 1.54) is 13.2 Å². The molecule has 0 aliphatic carbocycles. The normalized spacial score (nSPS) is 11.5. The van der Waals surface area contributed by atoms with E-state index >= 15 is 0 Å². The van der Waals surface area contributed by atoms with Gasteiger partial charge in [-0.1, -0.05) is 22.0 Å². The summed E-state index contributed by atoms with van der Waals surface area (Å²) in [4.78, 5) is 5.02. The maximum absolute atomic E-state index is 12.1. The monoisotopic (exact) mass is 282 g/mol. The zero-order valence-corrected chi connectivity index (χ0v) is 9.64. The highest BCUT2D eigenvalue weighted by atomic mass is 79.9. The molecule has 1 rings (SSSR count). The van der Waals surface area contributed by atoms with Crippen LogP contribution >= 0.6 is 15.9 Å². The van der Waals surface area contributed by atoms with E-state index in [0.717, 1.165) is 10.5 Å². The summed E-state index contributed by atoms with van der Waals surface area (Å²) in [7, 11) is 1.38. The Labute approximate surface area is 94.2 Å². The Morgan fingerprint density at radius 1 is 1.47 bits per heavy atom. The minimum absolute atomic E-state index is 0.353. The number of rotatable bonds is 3. The van der Waals surface area contributed by atoms with Crippen molar-refractivity contribution in [2.75, 3.05) is 18.5 Å². The Hall–Kier alpha value is -0.780. The minimum atomic E-state index is -4.21. The molecule has 0 radical (unpaired) electrons. The van der Waals surface area contributed by atoms with Crippen LogP contribution in [0.15, 0.2) is 18.3 Å². The van der Waals surface area contributed by atoms with E-state index in [1.807, 2.05) is 0 Å². The van der Waals surface area contributed by atoms with Crippen molar-refractivity contribution in [3.63, 3.8) is 0 Å². The summed E-state index contributed by atoms with van der Waals surface area (Å²) in [6.07, 6.45) is -2.73. The van der Waals surface area contributed by atoms with Crippen molar-refractivity contribution in [2.45, 2.75) is 11.5 Å². The van der Waals surface area contributed by atoms with Crippen molar-refractivity contribution in [1.82, 2.24) is 4.98 Å². The molecule has 84 valence electrons. The first-order valence-corrected chi connectivity index (χ1v) is 5.34. The molecule has 0 fully saturated rings. The van der Waals surface area contributed by atoms with E-state index in [1.54, 1.807) is 12.1 Å². The summed E-state index contributed by atoms with van der Waals surface area (Å²) in [6.45, 7) is -0.996. The zero-order valence-electron chi connectivity index (χ0n) is 8.05. The van der Waals surface area contributed by atoms with E-state index < -0.39 is 12.7 Å². The van der Waals surface area contributed by atoms with Gasteiger partial charge in [-0.2, -0.15) is 13.2 Å². The number of pyridine rings is 1. The van der Waals surface area contributed by atoms with Crippen LogP contribution in [0, 0.1) is 0 Å². The number of hydrogen-bond acceptors (Lipinski definition) is 2. The highest BCUT2D eigenvalue weighted by Crippen LogP contribution is 2.23. The van der Waals surface area contributed by atoms with Crippen molar-refractivity contribution < 1.29 is 13.2 Å². The van der Waals surface area contributed by atoms with Gasteiger partial charge in [-0.25, -0.2) is 4.98 Å². The van der Waals surface area contributed by atoms with Gasteiger partial charge in [0.05, 0.1) is 0 Å². The summed E-state index contributed by atoms with van der Waals surface area (Å²) in [5, 5.41) is 0.484. The molecule has 0 spiro atoms. The number of nitrogens with zero attached hydrogens (tertiary/aromatic N) is 2. The van der Waals surface area contributed by atoms with Gasteiger partial charge in [0.1, 0.15) is 12.4 Å². The minimum Gasteiger partial charge on any atom is -0.350 e. The number of anilines is 1. The third kappa shape index (κ3) is 3.70. The maximum atomic E-state index is 12.1. The summed E-state index contributed by atoms with van der Waals surface area (Å²) >= 11 is 3.21. The van der Waals surface area contributed by atoms with Gasteiger partial charge < -0.3 is 4.90 Å². The first-order valence-electron chi connectivity index (χ1n) is 4.22. The molecule has 0 amide bonds. The molecule has 0 saturated heterocycles. The Balaban J connectivity index is 2.86. The standard InChI is InChI=1S/C9H10BrF3N2/c1-15(6-9(11,12)13)8-7(5-10)3-2-4-14-8/h2-4H,5-6H2,1H3. The van der Waals surface area contributed by atoms with Crippen LogP contribution in [0.5, 0.6) is 0 Å². The van der Waals surface area contributed by atoms with Crippen LogP contribution in [0.4, 0.5) is 19.0 Å². The SMILES string of the molecule is CN(CC(F)(F)F)c1ncccc1CBr. The summed E-state index contributed by atoms with van der Waals surface area (Å²) in [6, 6.07) is 3.44. The molecule has 0 N–H and O–H groups in total. The smallest absolute Gasteiger partial charge is 0.350 e. The number of halogens is 4. The first kappa shape index (κ1) is 12.3. The number of hydrogen-bond donors (Lipinski definition) is 0. The molecule has 15 heavy (non-hydrogen) atoms. The molecule has 1 heterocycles. The van der Waals surface area contributed by atoms with Gasteiger partial charge in [-0.3, -0.25) is 0 Å². The van der Waals surface area contributed by atoms with Crippen LogP contribution in [0.1, 0.15) is 5.56 Å². The third-order valence-electron chi connectivity index (χ3n) is 1.79. The fourth-order valence-electron chi connectivity index (χ4n) is 1.22. The van der Waals surface area contributed by atoms with Crippen LogP contribution in [0.25, 0.3) is 0 Å². The van der Waals surface area contributed by atoms with Crippen molar-refractivity contribution in [1.29, 1.82) is 0 Å². The molecule has 0 aliphatic heterocycles. The highest BCUT2D eigenvalue weighted by Gasteiger charge is 2.30. The Bertz CT molecular complexity index is 327. The number of aromatic nitrogens is 1. The van der Waals surface area contributed by atoms with E-state index in [-0.39, 0.29) is 0 Å². The van der Waals surface area contributed by atoms with Crippen molar-refractivity contribution in [3.8, 4) is 0 Å². The highest BCUT2D eigenvalue weighted by molar-refractivity contribution is 9.08. The van der Waals surface area contributed by atoms with Crippen LogP contribution in [0.3, 0.4) is 0 Å². The van der Waals surface area contributed by atoms with Crippen LogP contribution < -0.4 is 4.90 Å². The molecular formula is C9H10BrF3N2. The second kappa shape index (κ2) is 4.83. The van der Waals surface area contributed by atoms with E-state index in [4.69, 9.17) is 0 Å². The lowest BCUT2D eigenvalue weighted by atomic mass is 10.3. The molecule has 0 bridgehead atoms. The predicted octanol–water partition coefficient (Wildman–Crippen LogP) is 2.98. The average molecular weight is 283 g/mol. The molecule has 0 aliphatic rings. The van der Waals surface area contributed by atoms with Crippen LogP contribution in [-0.2, 0) is 5.33 Å². The molecular weight excluding hydrogens is 273 g/mol. The Morgan fingerprint density at radius 3 is 2.67 bits per heavy atom. The second-order valence-electron chi connectivity index (χ2n) is 3.09. The molecule has 0 atom stereocenters. The molecule has 1 aromatic rings. The molecule has 1 aromatic heterocycles. The van der Waals surface area contributed by atoms with E-state index in [9.17, 15) is 13.2 Å². The second-order valence-corrected chi connectivity index (χ2v) is 3.65. The van der Waals surface area contributed by atoms with Gasteiger partial charge in [-0.15, -0.1) is 0 Å². The van der Waals surface area contributed by atoms with Crippen molar-refractivity contribution in [2.24, 2.45) is 0 Å². The molecule has 0 saturated carbocycles. The van der Waals surface area contributed by atoms with Crippen molar-refractivity contribution in [3.05, 3.63) is 23.9 Å². The van der Waals surface area contributed by atoms with Gasteiger partial charge in [-0.05, 0) is 6.07 Å². The van der Waals surface area contributed by atoms with Gasteiger partial charge in [0.2, 0.25) is 0 Å². The lowest BCUT2D eigenvalue weighted by Crippen LogP contribution is -2.32. The van der Waals surface area contributed by atoms with Gasteiger partial charge >= 0.3 is 6.18 Å². The van der Waals surface area contributed by atoms with E-state index in [0.29, 0.717) is 11.1 Å². The van der Waals surface area contributed by atoms with Gasteiger partial charge in [0, 0.05) is 24.1 Å². The lowest BCUT2D eigenvalue weighted by Gasteiger charge is -2.21.